The van der Waals surface area contributed by atoms with Crippen LogP contribution in [0, 0.1) is 10.1 Å². The first-order valence-electron chi connectivity index (χ1n) is 9.21. The molecule has 152 valence electrons. The number of nitrogens with zero attached hydrogens (tertiary/aromatic N) is 2. The Balaban J connectivity index is 1.87. The van der Waals surface area contributed by atoms with Gasteiger partial charge >= 0.3 is 0 Å². The number of carbonyl (C=O) groups is 2. The predicted octanol–water partition coefficient (Wildman–Crippen LogP) is 1.26. The number of hydrogen-bond acceptors (Lipinski definition) is 6. The number of carbonyl (C=O) groups excluding carboxylic acids is 2. The van der Waals surface area contributed by atoms with E-state index in [0.29, 0.717) is 32.0 Å². The lowest BCUT2D eigenvalue weighted by Crippen LogP contribution is -2.46. The van der Waals surface area contributed by atoms with E-state index in [9.17, 15) is 19.7 Å². The second-order valence-electron chi connectivity index (χ2n) is 6.68. The lowest BCUT2D eigenvalue weighted by molar-refractivity contribution is -0.384. The van der Waals surface area contributed by atoms with E-state index in [1.165, 1.54) is 12.1 Å². The van der Waals surface area contributed by atoms with Gasteiger partial charge in [-0.3, -0.25) is 19.7 Å². The van der Waals surface area contributed by atoms with Crippen LogP contribution in [-0.4, -0.2) is 49.1 Å². The molecule has 1 atom stereocenters. The minimum atomic E-state index is -0.943. The average molecular weight is 398 g/mol. The minimum absolute atomic E-state index is 0.125. The number of hydrogen-bond donors (Lipinski definition) is 2. The topological polar surface area (TPSA) is 128 Å². The van der Waals surface area contributed by atoms with E-state index in [1.54, 1.807) is 6.07 Å². The summed E-state index contributed by atoms with van der Waals surface area (Å²) in [4.78, 5) is 37.5. The molecule has 0 aliphatic carbocycles. The zero-order chi connectivity index (χ0) is 20.8. The largest absolute Gasteiger partial charge is 0.378 e. The standard InChI is InChI=1S/C20H22N4O5/c21-19(25)17(12-14-4-2-1-3-5-14)22-20(26)16-13-15(24(27)28)6-7-18(16)23-8-10-29-11-9-23/h1-7,13,17H,8-12H2,(H2,21,25)(H,22,26). The molecule has 0 bridgehead atoms. The molecule has 0 radical (unpaired) electrons. The van der Waals surface area contributed by atoms with Crippen molar-refractivity contribution in [3.05, 3.63) is 69.8 Å². The van der Waals surface area contributed by atoms with Gasteiger partial charge in [0.2, 0.25) is 5.91 Å². The first-order chi connectivity index (χ1) is 14.0. The van der Waals surface area contributed by atoms with Crippen molar-refractivity contribution in [2.75, 3.05) is 31.2 Å². The SMILES string of the molecule is NC(=O)C(Cc1ccccc1)NC(=O)c1cc([N+](=O)[O-])ccc1N1CCOCC1. The van der Waals surface area contributed by atoms with Gasteiger partial charge < -0.3 is 20.7 Å². The summed E-state index contributed by atoms with van der Waals surface area (Å²) < 4.78 is 5.33. The molecule has 29 heavy (non-hydrogen) atoms. The highest BCUT2D eigenvalue weighted by molar-refractivity contribution is 6.02. The first-order valence-corrected chi connectivity index (χ1v) is 9.21. The Bertz CT molecular complexity index is 897. The number of nitro benzene ring substituents is 1. The number of rotatable bonds is 7. The van der Waals surface area contributed by atoms with Crippen molar-refractivity contribution in [3.63, 3.8) is 0 Å². The number of nitrogens with two attached hydrogens (primary N) is 1. The van der Waals surface area contributed by atoms with Crippen LogP contribution < -0.4 is 16.0 Å². The Morgan fingerprint density at radius 2 is 1.86 bits per heavy atom. The summed E-state index contributed by atoms with van der Waals surface area (Å²) in [6.45, 7) is 2.11. The quantitative estimate of drug-likeness (QED) is 0.534. The molecular formula is C20H22N4O5. The Hall–Kier alpha value is -3.46. The number of anilines is 1. The van der Waals surface area contributed by atoms with Crippen LogP contribution in [0.15, 0.2) is 48.5 Å². The molecule has 1 aliphatic rings. The molecular weight excluding hydrogens is 376 g/mol. The van der Waals surface area contributed by atoms with Crippen molar-refractivity contribution >= 4 is 23.2 Å². The second-order valence-corrected chi connectivity index (χ2v) is 6.68. The van der Waals surface area contributed by atoms with E-state index in [4.69, 9.17) is 10.5 Å². The monoisotopic (exact) mass is 398 g/mol. The third kappa shape index (κ3) is 5.08. The molecule has 1 unspecified atom stereocenters. The van der Waals surface area contributed by atoms with Gasteiger partial charge in [-0.15, -0.1) is 0 Å². The van der Waals surface area contributed by atoms with Crippen LogP contribution in [0.5, 0.6) is 0 Å². The van der Waals surface area contributed by atoms with Gasteiger partial charge in [-0.05, 0) is 11.6 Å². The Morgan fingerprint density at radius 1 is 1.17 bits per heavy atom. The number of ether oxygens (including phenoxy) is 1. The van der Waals surface area contributed by atoms with Gasteiger partial charge in [0.1, 0.15) is 6.04 Å². The summed E-state index contributed by atoms with van der Waals surface area (Å²) in [6.07, 6.45) is 0.226. The normalized spacial score (nSPS) is 14.8. The molecule has 9 nitrogen and oxygen atoms in total. The van der Waals surface area contributed by atoms with E-state index < -0.39 is 22.8 Å². The lowest BCUT2D eigenvalue weighted by Gasteiger charge is -2.30. The van der Waals surface area contributed by atoms with Gasteiger partial charge in [0.15, 0.2) is 0 Å². The highest BCUT2D eigenvalue weighted by Gasteiger charge is 2.25. The zero-order valence-corrected chi connectivity index (χ0v) is 15.7. The number of morpholine rings is 1. The fraction of sp³-hybridized carbons (Fsp3) is 0.300. The molecule has 0 saturated carbocycles. The number of non-ortho nitro benzene ring substituents is 1. The van der Waals surface area contributed by atoms with Gasteiger partial charge in [-0.2, -0.15) is 0 Å². The molecule has 3 rings (SSSR count). The van der Waals surface area contributed by atoms with Crippen LogP contribution in [0.2, 0.25) is 0 Å². The summed E-state index contributed by atoms with van der Waals surface area (Å²) >= 11 is 0. The van der Waals surface area contributed by atoms with Crippen molar-refractivity contribution in [1.29, 1.82) is 0 Å². The van der Waals surface area contributed by atoms with E-state index in [-0.39, 0.29) is 17.7 Å². The van der Waals surface area contributed by atoms with Gasteiger partial charge in [-0.25, -0.2) is 0 Å². The highest BCUT2D eigenvalue weighted by Crippen LogP contribution is 2.26. The Labute approximate surface area is 167 Å². The second kappa shape index (κ2) is 9.16. The van der Waals surface area contributed by atoms with Crippen molar-refractivity contribution in [2.45, 2.75) is 12.5 Å². The molecule has 9 heteroatoms. The van der Waals surface area contributed by atoms with E-state index in [0.717, 1.165) is 5.56 Å². The molecule has 1 heterocycles. The van der Waals surface area contributed by atoms with Crippen molar-refractivity contribution in [2.24, 2.45) is 5.73 Å². The molecule has 2 aromatic carbocycles. The molecule has 1 saturated heterocycles. The fourth-order valence-corrected chi connectivity index (χ4v) is 3.21. The summed E-state index contributed by atoms with van der Waals surface area (Å²) in [5, 5.41) is 13.8. The Kier molecular flexibility index (Phi) is 6.40. The van der Waals surface area contributed by atoms with E-state index >= 15 is 0 Å². The summed E-state index contributed by atoms with van der Waals surface area (Å²) in [6, 6.07) is 12.3. The van der Waals surface area contributed by atoms with E-state index in [1.807, 2.05) is 35.2 Å². The van der Waals surface area contributed by atoms with Crippen LogP contribution in [-0.2, 0) is 16.0 Å². The predicted molar refractivity (Wildman–Crippen MR) is 107 cm³/mol. The lowest BCUT2D eigenvalue weighted by atomic mass is 10.0. The minimum Gasteiger partial charge on any atom is -0.378 e. The molecule has 1 fully saturated rings. The maximum Gasteiger partial charge on any atom is 0.270 e. The van der Waals surface area contributed by atoms with Crippen LogP contribution in [0.4, 0.5) is 11.4 Å². The summed E-state index contributed by atoms with van der Waals surface area (Å²) in [5.41, 5.74) is 6.80. The number of benzene rings is 2. The summed E-state index contributed by atoms with van der Waals surface area (Å²) in [5.74, 6) is -1.27. The molecule has 2 aromatic rings. The smallest absolute Gasteiger partial charge is 0.270 e. The number of nitro groups is 1. The highest BCUT2D eigenvalue weighted by atomic mass is 16.6. The zero-order valence-electron chi connectivity index (χ0n) is 15.7. The third-order valence-corrected chi connectivity index (χ3v) is 4.72. The van der Waals surface area contributed by atoms with Gasteiger partial charge in [0.25, 0.3) is 11.6 Å². The van der Waals surface area contributed by atoms with Crippen molar-refractivity contribution in [3.8, 4) is 0 Å². The molecule has 2 amide bonds. The van der Waals surface area contributed by atoms with Crippen molar-refractivity contribution in [1.82, 2.24) is 5.32 Å². The van der Waals surface area contributed by atoms with Gasteiger partial charge in [0, 0.05) is 31.6 Å². The molecule has 1 aliphatic heterocycles. The van der Waals surface area contributed by atoms with Crippen molar-refractivity contribution < 1.29 is 19.2 Å². The number of primary amides is 1. The van der Waals surface area contributed by atoms with Crippen LogP contribution >= 0.6 is 0 Å². The van der Waals surface area contributed by atoms with Gasteiger partial charge in [0.05, 0.1) is 29.4 Å². The maximum absolute atomic E-state index is 13.0. The molecule has 0 spiro atoms. The molecule has 0 aromatic heterocycles. The van der Waals surface area contributed by atoms with Crippen LogP contribution in [0.1, 0.15) is 15.9 Å². The first kappa shape index (κ1) is 20.3. The Morgan fingerprint density at radius 3 is 2.48 bits per heavy atom. The number of amides is 2. The average Bonchev–Trinajstić information content (AvgIpc) is 2.74. The number of nitrogens with one attached hydrogen (secondary N) is 1. The third-order valence-electron chi connectivity index (χ3n) is 4.72. The van der Waals surface area contributed by atoms with Crippen LogP contribution in [0.3, 0.4) is 0 Å². The summed E-state index contributed by atoms with van der Waals surface area (Å²) in [7, 11) is 0. The molecule has 3 N–H and O–H groups in total. The fourth-order valence-electron chi connectivity index (χ4n) is 3.21. The maximum atomic E-state index is 13.0. The van der Waals surface area contributed by atoms with E-state index in [2.05, 4.69) is 5.32 Å². The van der Waals surface area contributed by atoms with Crippen LogP contribution in [0.25, 0.3) is 0 Å². The van der Waals surface area contributed by atoms with Gasteiger partial charge in [-0.1, -0.05) is 30.3 Å².